The van der Waals surface area contributed by atoms with Gasteiger partial charge in [0, 0.05) is 50.4 Å². The molecule has 9 heteroatoms. The van der Waals surface area contributed by atoms with E-state index in [1.54, 1.807) is 19.4 Å². The third-order valence-electron chi connectivity index (χ3n) is 6.05. The predicted molar refractivity (Wildman–Crippen MR) is 129 cm³/mol. The minimum Gasteiger partial charge on any atom is -0.435 e. The van der Waals surface area contributed by atoms with Crippen LogP contribution in [0.5, 0.6) is 0 Å². The van der Waals surface area contributed by atoms with E-state index >= 15 is 0 Å². The Bertz CT molecular complexity index is 1300. The molecule has 0 radical (unpaired) electrons. The van der Waals surface area contributed by atoms with Crippen molar-refractivity contribution in [1.82, 2.24) is 29.6 Å². The van der Waals surface area contributed by atoms with Crippen molar-refractivity contribution in [2.45, 2.75) is 26.8 Å². The van der Waals surface area contributed by atoms with Crippen LogP contribution in [0.2, 0.25) is 0 Å². The zero-order valence-electron chi connectivity index (χ0n) is 19.5. The summed E-state index contributed by atoms with van der Waals surface area (Å²) < 4.78 is 8.09. The molecular weight excluding hydrogens is 430 g/mol. The molecule has 1 fully saturated rings. The first-order valence-corrected chi connectivity index (χ1v) is 11.4. The van der Waals surface area contributed by atoms with Crippen molar-refractivity contribution < 1.29 is 9.21 Å². The fraction of sp³-hybridized carbons (Fsp3) is 0.320. The molecule has 3 aromatic heterocycles. The monoisotopic (exact) mass is 457 g/mol. The third-order valence-corrected chi connectivity index (χ3v) is 6.05. The number of anilines is 1. The van der Waals surface area contributed by atoms with Crippen molar-refractivity contribution in [3.8, 4) is 34.4 Å². The Hall–Kier alpha value is -4.01. The van der Waals surface area contributed by atoms with E-state index in [1.165, 1.54) is 0 Å². The molecule has 0 saturated carbocycles. The van der Waals surface area contributed by atoms with Gasteiger partial charge in [0.05, 0.1) is 6.20 Å². The van der Waals surface area contributed by atoms with Gasteiger partial charge in [0.2, 0.25) is 11.8 Å². The second-order valence-corrected chi connectivity index (χ2v) is 8.64. The summed E-state index contributed by atoms with van der Waals surface area (Å²) in [7, 11) is 0. The maximum Gasteiger partial charge on any atom is 0.245 e. The fourth-order valence-corrected chi connectivity index (χ4v) is 4.14. The lowest BCUT2D eigenvalue weighted by molar-refractivity contribution is -0.129. The molecule has 0 bridgehead atoms. The van der Waals surface area contributed by atoms with Crippen LogP contribution in [0.4, 0.5) is 5.69 Å². The molecule has 1 saturated heterocycles. The number of piperazine rings is 1. The van der Waals surface area contributed by atoms with E-state index in [4.69, 9.17) is 9.40 Å². The fourth-order valence-electron chi connectivity index (χ4n) is 4.14. The number of amides is 1. The van der Waals surface area contributed by atoms with Crippen LogP contribution in [0.3, 0.4) is 0 Å². The summed E-state index contributed by atoms with van der Waals surface area (Å²) in [5, 5.41) is 8.27. The van der Waals surface area contributed by atoms with Gasteiger partial charge in [-0.15, -0.1) is 10.2 Å². The first kappa shape index (κ1) is 21.8. The maximum atomic E-state index is 11.6. The van der Waals surface area contributed by atoms with Crippen LogP contribution in [0.25, 0.3) is 34.4 Å². The summed E-state index contributed by atoms with van der Waals surface area (Å²) in [5.41, 5.74) is 3.40. The molecule has 9 nitrogen and oxygen atoms in total. The number of nitrogens with zero attached hydrogens (tertiary/aromatic N) is 7. The summed E-state index contributed by atoms with van der Waals surface area (Å²) in [6, 6.07) is 14.1. The highest BCUT2D eigenvalue weighted by atomic mass is 16.4. The number of hydrogen-bond acceptors (Lipinski definition) is 7. The number of carbonyl (C=O) groups excluding carboxylic acids is 1. The van der Waals surface area contributed by atoms with Crippen LogP contribution in [0, 0.1) is 0 Å². The van der Waals surface area contributed by atoms with E-state index < -0.39 is 0 Å². The van der Waals surface area contributed by atoms with E-state index in [9.17, 15) is 4.79 Å². The van der Waals surface area contributed by atoms with Gasteiger partial charge >= 0.3 is 0 Å². The van der Waals surface area contributed by atoms with Gasteiger partial charge in [-0.1, -0.05) is 18.2 Å². The Morgan fingerprint density at radius 3 is 2.56 bits per heavy atom. The zero-order chi connectivity index (χ0) is 23.7. The van der Waals surface area contributed by atoms with Gasteiger partial charge in [-0.05, 0) is 38.1 Å². The van der Waals surface area contributed by atoms with Crippen molar-refractivity contribution in [2.75, 3.05) is 31.1 Å². The molecule has 34 heavy (non-hydrogen) atoms. The van der Waals surface area contributed by atoms with Gasteiger partial charge < -0.3 is 18.8 Å². The first-order valence-electron chi connectivity index (χ1n) is 11.4. The minimum absolute atomic E-state index is 0.129. The van der Waals surface area contributed by atoms with Crippen LogP contribution in [0.1, 0.15) is 26.8 Å². The highest BCUT2D eigenvalue weighted by molar-refractivity contribution is 5.73. The topological polar surface area (TPSA) is 93.2 Å². The van der Waals surface area contributed by atoms with E-state index in [0.717, 1.165) is 43.1 Å². The zero-order valence-corrected chi connectivity index (χ0v) is 19.5. The molecule has 0 spiro atoms. The second-order valence-electron chi connectivity index (χ2n) is 8.64. The van der Waals surface area contributed by atoms with Crippen LogP contribution in [0.15, 0.2) is 59.4 Å². The van der Waals surface area contributed by atoms with Crippen LogP contribution < -0.4 is 4.90 Å². The normalized spacial score (nSPS) is 14.1. The minimum atomic E-state index is 0.129. The molecule has 4 heterocycles. The molecule has 0 unspecified atom stereocenters. The highest BCUT2D eigenvalue weighted by Gasteiger charge is 2.20. The van der Waals surface area contributed by atoms with E-state index in [2.05, 4.69) is 46.1 Å². The number of oxazole rings is 1. The average molecular weight is 458 g/mol. The van der Waals surface area contributed by atoms with Gasteiger partial charge in [0.25, 0.3) is 0 Å². The number of carbonyl (C=O) groups is 1. The van der Waals surface area contributed by atoms with Crippen molar-refractivity contribution in [2.24, 2.45) is 0 Å². The quantitative estimate of drug-likeness (QED) is 0.448. The van der Waals surface area contributed by atoms with Gasteiger partial charge in [0.1, 0.15) is 17.7 Å². The molecule has 1 aliphatic rings. The van der Waals surface area contributed by atoms with Gasteiger partial charge in [-0.2, -0.15) is 0 Å². The molecule has 1 aliphatic heterocycles. The van der Waals surface area contributed by atoms with Crippen LogP contribution >= 0.6 is 0 Å². The van der Waals surface area contributed by atoms with Crippen molar-refractivity contribution in [1.29, 1.82) is 0 Å². The summed E-state index contributed by atoms with van der Waals surface area (Å²) in [6.07, 6.45) is 3.44. The Morgan fingerprint density at radius 2 is 1.79 bits per heavy atom. The summed E-state index contributed by atoms with van der Waals surface area (Å²) in [5.74, 6) is 1.97. The Morgan fingerprint density at radius 1 is 1.03 bits per heavy atom. The van der Waals surface area contributed by atoms with Crippen molar-refractivity contribution in [3.05, 3.63) is 55.0 Å². The number of benzene rings is 1. The van der Waals surface area contributed by atoms with E-state index in [1.807, 2.05) is 39.8 Å². The lowest BCUT2D eigenvalue weighted by Gasteiger charge is -2.35. The number of aromatic nitrogens is 5. The van der Waals surface area contributed by atoms with Crippen LogP contribution in [-0.4, -0.2) is 61.7 Å². The highest BCUT2D eigenvalue weighted by Crippen LogP contribution is 2.29. The molecule has 1 amide bonds. The Balaban J connectivity index is 1.37. The molecule has 1 aromatic carbocycles. The summed E-state index contributed by atoms with van der Waals surface area (Å²) in [6.45, 7) is 8.86. The van der Waals surface area contributed by atoms with Crippen molar-refractivity contribution in [3.63, 3.8) is 0 Å². The molecule has 4 aromatic rings. The lowest BCUT2D eigenvalue weighted by Crippen LogP contribution is -2.48. The van der Waals surface area contributed by atoms with E-state index in [0.29, 0.717) is 23.2 Å². The summed E-state index contributed by atoms with van der Waals surface area (Å²) >= 11 is 0. The molecule has 5 rings (SSSR count). The predicted octanol–water partition coefficient (Wildman–Crippen LogP) is 3.91. The van der Waals surface area contributed by atoms with Crippen molar-refractivity contribution >= 4 is 11.6 Å². The Labute approximate surface area is 198 Å². The first-order chi connectivity index (χ1) is 16.5. The van der Waals surface area contributed by atoms with Gasteiger partial charge in [-0.25, -0.2) is 9.97 Å². The second kappa shape index (κ2) is 9.09. The van der Waals surface area contributed by atoms with E-state index in [-0.39, 0.29) is 11.9 Å². The lowest BCUT2D eigenvalue weighted by atomic mass is 10.1. The maximum absolute atomic E-state index is 11.6. The average Bonchev–Trinajstić information content (AvgIpc) is 3.55. The largest absolute Gasteiger partial charge is 0.435 e. The molecular formula is C25H27N7O2. The number of hydrogen-bond donors (Lipinski definition) is 0. The van der Waals surface area contributed by atoms with Gasteiger partial charge in [0.15, 0.2) is 11.6 Å². The SMILES string of the molecule is CC(=O)N1CCN(c2cccc(-c3cnc(-c4cccc(-c5nncn5C(C)C)n4)o3)c2)CC1. The molecule has 174 valence electrons. The smallest absolute Gasteiger partial charge is 0.245 e. The number of rotatable bonds is 5. The Kier molecular flexibility index (Phi) is 5.83. The summed E-state index contributed by atoms with van der Waals surface area (Å²) in [4.78, 5) is 25.0. The molecule has 0 N–H and O–H groups in total. The third kappa shape index (κ3) is 4.28. The standard InChI is InChI=1S/C25H27N7O2/c1-17(2)32-16-27-29-24(32)21-8-5-9-22(28-21)25-26-15-23(34-25)19-6-4-7-20(14-19)31-12-10-30(11-13-31)18(3)33/h4-9,14-17H,10-13H2,1-3H3. The molecule has 0 aliphatic carbocycles. The molecule has 0 atom stereocenters. The van der Waals surface area contributed by atoms with Crippen LogP contribution in [-0.2, 0) is 4.79 Å². The number of pyridine rings is 1. The van der Waals surface area contributed by atoms with Gasteiger partial charge in [-0.3, -0.25) is 4.79 Å².